The molecule has 7 nitrogen and oxygen atoms in total. The molecule has 2 aromatic rings. The Morgan fingerprint density at radius 3 is 2.36 bits per heavy atom. The van der Waals surface area contributed by atoms with Gasteiger partial charge >= 0.3 is 0 Å². The van der Waals surface area contributed by atoms with E-state index in [9.17, 15) is 9.59 Å². The highest BCUT2D eigenvalue weighted by Gasteiger charge is 2.40. The van der Waals surface area contributed by atoms with Crippen LogP contribution in [0.25, 0.3) is 0 Å². The summed E-state index contributed by atoms with van der Waals surface area (Å²) < 4.78 is 11.5. The van der Waals surface area contributed by atoms with Gasteiger partial charge in [0.15, 0.2) is 11.6 Å². The maximum Gasteiger partial charge on any atom is 0.255 e. The Morgan fingerprint density at radius 2 is 1.71 bits per heavy atom. The van der Waals surface area contributed by atoms with E-state index in [2.05, 4.69) is 15.2 Å². The zero-order valence-electron chi connectivity index (χ0n) is 15.8. The molecule has 0 aliphatic carbocycles. The van der Waals surface area contributed by atoms with Crippen molar-refractivity contribution < 1.29 is 19.1 Å². The van der Waals surface area contributed by atoms with Gasteiger partial charge in [-0.2, -0.15) is 0 Å². The lowest BCUT2D eigenvalue weighted by molar-refractivity contribution is -0.169. The maximum atomic E-state index is 12.6. The van der Waals surface area contributed by atoms with Crippen molar-refractivity contribution in [1.82, 2.24) is 4.98 Å². The molecule has 1 spiro atoms. The molecule has 4 rings (SSSR count). The zero-order chi connectivity index (χ0) is 19.6. The molecule has 0 atom stereocenters. The Labute approximate surface area is 163 Å². The highest BCUT2D eigenvalue weighted by atomic mass is 16.7. The third-order valence-corrected chi connectivity index (χ3v) is 5.22. The number of rotatable bonds is 4. The van der Waals surface area contributed by atoms with Crippen LogP contribution in [-0.4, -0.2) is 48.8 Å². The van der Waals surface area contributed by atoms with E-state index in [1.54, 1.807) is 42.6 Å². The molecule has 146 valence electrons. The topological polar surface area (TPSA) is 80.8 Å². The molecule has 28 heavy (non-hydrogen) atoms. The van der Waals surface area contributed by atoms with Crippen molar-refractivity contribution in [2.45, 2.75) is 25.6 Å². The van der Waals surface area contributed by atoms with Gasteiger partial charge in [0, 0.05) is 48.9 Å². The van der Waals surface area contributed by atoms with Crippen LogP contribution in [0.5, 0.6) is 0 Å². The summed E-state index contributed by atoms with van der Waals surface area (Å²) in [5.41, 5.74) is 1.79. The molecule has 2 saturated heterocycles. The number of carbonyl (C=O) groups excluding carboxylic acids is 2. The monoisotopic (exact) mass is 381 g/mol. The molecule has 0 saturated carbocycles. The first-order valence-electron chi connectivity index (χ1n) is 9.46. The third-order valence-electron chi connectivity index (χ3n) is 5.22. The average molecular weight is 381 g/mol. The molecular formula is C21H23N3O4. The first kappa shape index (κ1) is 18.6. The zero-order valence-corrected chi connectivity index (χ0v) is 15.8. The fraction of sp³-hybridized carbons (Fsp3) is 0.381. The first-order valence-corrected chi connectivity index (χ1v) is 9.46. The number of ketones is 1. The lowest BCUT2D eigenvalue weighted by Crippen LogP contribution is -2.45. The van der Waals surface area contributed by atoms with E-state index in [1.807, 2.05) is 0 Å². The van der Waals surface area contributed by atoms with Gasteiger partial charge in [-0.15, -0.1) is 0 Å². The highest BCUT2D eigenvalue weighted by molar-refractivity contribution is 6.05. The number of aromatic nitrogens is 1. The third kappa shape index (κ3) is 3.90. The summed E-state index contributed by atoms with van der Waals surface area (Å²) in [7, 11) is 0. The number of ether oxygens (including phenoxy) is 2. The van der Waals surface area contributed by atoms with Crippen molar-refractivity contribution in [3.63, 3.8) is 0 Å². The summed E-state index contributed by atoms with van der Waals surface area (Å²) in [4.78, 5) is 30.5. The molecule has 1 N–H and O–H groups in total. The second kappa shape index (κ2) is 7.69. The average Bonchev–Trinajstić information content (AvgIpc) is 3.17. The maximum absolute atomic E-state index is 12.6. The Morgan fingerprint density at radius 1 is 1.04 bits per heavy atom. The Kier molecular flexibility index (Phi) is 5.11. The Bertz CT molecular complexity index is 865. The van der Waals surface area contributed by atoms with E-state index in [-0.39, 0.29) is 11.7 Å². The van der Waals surface area contributed by atoms with Gasteiger partial charge in [-0.25, -0.2) is 4.98 Å². The predicted molar refractivity (Wildman–Crippen MR) is 105 cm³/mol. The summed E-state index contributed by atoms with van der Waals surface area (Å²) in [6.07, 6.45) is 3.22. The van der Waals surface area contributed by atoms with Gasteiger partial charge in [-0.05, 0) is 43.3 Å². The molecule has 3 heterocycles. The normalized spacial score (nSPS) is 18.2. The van der Waals surface area contributed by atoms with Gasteiger partial charge in [0.1, 0.15) is 5.82 Å². The van der Waals surface area contributed by atoms with E-state index in [4.69, 9.17) is 9.47 Å². The first-order chi connectivity index (χ1) is 13.5. The minimum Gasteiger partial charge on any atom is -0.356 e. The van der Waals surface area contributed by atoms with Gasteiger partial charge in [-0.1, -0.05) is 0 Å². The van der Waals surface area contributed by atoms with Crippen LogP contribution in [0.3, 0.4) is 0 Å². The van der Waals surface area contributed by atoms with Gasteiger partial charge in [0.25, 0.3) is 5.91 Å². The number of anilines is 2. The molecule has 1 aromatic heterocycles. The van der Waals surface area contributed by atoms with Crippen molar-refractivity contribution in [2.24, 2.45) is 0 Å². The summed E-state index contributed by atoms with van der Waals surface area (Å²) in [6, 6.07) is 10.3. The van der Waals surface area contributed by atoms with Gasteiger partial charge < -0.3 is 19.7 Å². The predicted octanol–water partition coefficient (Wildman–Crippen LogP) is 2.88. The fourth-order valence-electron chi connectivity index (χ4n) is 3.59. The van der Waals surface area contributed by atoms with Crippen molar-refractivity contribution >= 4 is 23.2 Å². The van der Waals surface area contributed by atoms with Gasteiger partial charge in [0.2, 0.25) is 0 Å². The van der Waals surface area contributed by atoms with Crippen LogP contribution in [0.1, 0.15) is 40.5 Å². The van der Waals surface area contributed by atoms with E-state index in [0.29, 0.717) is 30.0 Å². The molecule has 2 aliphatic rings. The van der Waals surface area contributed by atoms with Gasteiger partial charge in [0.05, 0.1) is 13.2 Å². The molecule has 0 unspecified atom stereocenters. The summed E-state index contributed by atoms with van der Waals surface area (Å²) >= 11 is 0. The Hall–Kier alpha value is -2.77. The van der Waals surface area contributed by atoms with Crippen LogP contribution in [0.15, 0.2) is 42.6 Å². The number of nitrogens with one attached hydrogen (secondary N) is 1. The largest absolute Gasteiger partial charge is 0.356 e. The molecule has 1 amide bonds. The van der Waals surface area contributed by atoms with E-state index in [0.717, 1.165) is 31.7 Å². The van der Waals surface area contributed by atoms with Crippen molar-refractivity contribution in [3.05, 3.63) is 53.7 Å². The SMILES string of the molecule is CC(=O)c1ccc(NC(=O)c2ccnc(N3CCC4(CC3)OCCO4)c2)cc1. The standard InChI is InChI=1S/C21H23N3O4/c1-15(25)16-2-4-18(5-3-16)23-20(26)17-6-9-22-19(14-17)24-10-7-21(8-11-24)27-12-13-28-21/h2-6,9,14H,7-8,10-13H2,1H3,(H,23,26). The molecule has 0 bridgehead atoms. The lowest BCUT2D eigenvalue weighted by atomic mass is 10.0. The second-order valence-electron chi connectivity index (χ2n) is 7.09. The number of hydrogen-bond acceptors (Lipinski definition) is 6. The number of Topliss-reactive ketones (excluding diaryl/α,β-unsaturated/α-hetero) is 1. The summed E-state index contributed by atoms with van der Waals surface area (Å²) in [6.45, 7) is 4.36. The van der Waals surface area contributed by atoms with Crippen molar-refractivity contribution in [1.29, 1.82) is 0 Å². The van der Waals surface area contributed by atoms with Crippen LogP contribution < -0.4 is 10.2 Å². The number of piperidine rings is 1. The molecular weight excluding hydrogens is 358 g/mol. The molecule has 2 fully saturated rings. The quantitative estimate of drug-likeness (QED) is 0.821. The second-order valence-corrected chi connectivity index (χ2v) is 7.09. The number of nitrogens with zero attached hydrogens (tertiary/aromatic N) is 2. The minimum absolute atomic E-state index is 0.00614. The number of carbonyl (C=O) groups is 2. The van der Waals surface area contributed by atoms with Crippen molar-refractivity contribution in [3.8, 4) is 0 Å². The lowest BCUT2D eigenvalue weighted by Gasteiger charge is -2.38. The van der Waals surface area contributed by atoms with Crippen LogP contribution in [0, 0.1) is 0 Å². The summed E-state index contributed by atoms with van der Waals surface area (Å²) in [5.74, 6) is 0.119. The highest BCUT2D eigenvalue weighted by Crippen LogP contribution is 2.32. The number of benzene rings is 1. The smallest absolute Gasteiger partial charge is 0.255 e. The van der Waals surface area contributed by atoms with E-state index >= 15 is 0 Å². The van der Waals surface area contributed by atoms with Crippen molar-refractivity contribution in [2.75, 3.05) is 36.5 Å². The van der Waals surface area contributed by atoms with Crippen LogP contribution in [0.4, 0.5) is 11.5 Å². The van der Waals surface area contributed by atoms with Crippen LogP contribution in [0.2, 0.25) is 0 Å². The van der Waals surface area contributed by atoms with Crippen LogP contribution in [-0.2, 0) is 9.47 Å². The Balaban J connectivity index is 1.41. The van der Waals surface area contributed by atoms with Crippen LogP contribution >= 0.6 is 0 Å². The summed E-state index contributed by atoms with van der Waals surface area (Å²) in [5, 5.41) is 2.86. The van der Waals surface area contributed by atoms with E-state index in [1.165, 1.54) is 6.92 Å². The molecule has 7 heteroatoms. The fourth-order valence-corrected chi connectivity index (χ4v) is 3.59. The molecule has 2 aliphatic heterocycles. The number of amides is 1. The number of pyridine rings is 1. The molecule has 0 radical (unpaired) electrons. The van der Waals surface area contributed by atoms with Gasteiger partial charge in [-0.3, -0.25) is 9.59 Å². The van der Waals surface area contributed by atoms with E-state index < -0.39 is 5.79 Å². The minimum atomic E-state index is -0.433. The molecule has 1 aromatic carbocycles. The number of hydrogen-bond donors (Lipinski definition) is 1.